The van der Waals surface area contributed by atoms with Crippen molar-refractivity contribution in [2.45, 2.75) is 13.5 Å². The Bertz CT molecular complexity index is 927. The maximum atomic E-state index is 11.8. The minimum Gasteiger partial charge on any atom is -0.480 e. The Morgan fingerprint density at radius 2 is 2.00 bits per heavy atom. The topological polar surface area (TPSA) is 74.5 Å². The zero-order valence-electron chi connectivity index (χ0n) is 13.7. The van der Waals surface area contributed by atoms with Crippen LogP contribution < -0.4 is 4.74 Å². The van der Waals surface area contributed by atoms with E-state index in [1.54, 1.807) is 12.1 Å². The summed E-state index contributed by atoms with van der Waals surface area (Å²) in [6.45, 7) is 1.50. The first kappa shape index (κ1) is 18.2. The number of nitrogens with zero attached hydrogens (tertiary/aromatic N) is 2. The van der Waals surface area contributed by atoms with E-state index in [0.29, 0.717) is 21.6 Å². The summed E-state index contributed by atoms with van der Waals surface area (Å²) in [7, 11) is 0. The molecule has 0 N–H and O–H groups in total. The highest BCUT2D eigenvalue weighted by atomic mass is 35.5. The van der Waals surface area contributed by atoms with Crippen molar-refractivity contribution in [3.8, 4) is 17.1 Å². The smallest absolute Gasteiger partial charge is 0.344 e. The van der Waals surface area contributed by atoms with Crippen LogP contribution in [0.3, 0.4) is 0 Å². The lowest BCUT2D eigenvalue weighted by atomic mass is 10.1. The number of hydrogen-bond donors (Lipinski definition) is 0. The molecular weight excluding hydrogens is 379 g/mol. The van der Waals surface area contributed by atoms with Gasteiger partial charge in [-0.25, -0.2) is 4.79 Å². The molecule has 0 fully saturated rings. The van der Waals surface area contributed by atoms with E-state index in [4.69, 9.17) is 37.2 Å². The molecule has 0 unspecified atom stereocenters. The second kappa shape index (κ2) is 8.21. The molecule has 0 spiro atoms. The minimum absolute atomic E-state index is 0.143. The van der Waals surface area contributed by atoms with Gasteiger partial charge < -0.3 is 14.0 Å². The molecular formula is C18H14Cl2N2O4. The number of hydrogen-bond acceptors (Lipinski definition) is 6. The minimum atomic E-state index is -0.591. The van der Waals surface area contributed by atoms with Crippen LogP contribution in [0.5, 0.6) is 5.75 Å². The standard InChI is InChI=1S/C18H14Cl2N2O4/c1-11-4-2-3-5-13(11)18-21-16(26-22-18)9-25-17(23)10-24-15-7-6-12(19)8-14(15)20/h2-8H,9-10H2,1H3. The van der Waals surface area contributed by atoms with Gasteiger partial charge in [-0.15, -0.1) is 0 Å². The van der Waals surface area contributed by atoms with E-state index in [0.717, 1.165) is 11.1 Å². The first-order chi connectivity index (χ1) is 12.5. The molecule has 0 saturated heterocycles. The van der Waals surface area contributed by atoms with Crippen LogP contribution in [0.4, 0.5) is 0 Å². The molecule has 2 aromatic carbocycles. The predicted octanol–water partition coefficient (Wildman–Crippen LogP) is 4.47. The Morgan fingerprint density at radius 1 is 1.19 bits per heavy atom. The number of carbonyl (C=O) groups excluding carboxylic acids is 1. The van der Waals surface area contributed by atoms with Crippen molar-refractivity contribution in [3.05, 3.63) is 64.0 Å². The highest BCUT2D eigenvalue weighted by Gasteiger charge is 2.13. The van der Waals surface area contributed by atoms with Crippen molar-refractivity contribution in [2.24, 2.45) is 0 Å². The van der Waals surface area contributed by atoms with Crippen molar-refractivity contribution in [1.29, 1.82) is 0 Å². The summed E-state index contributed by atoms with van der Waals surface area (Å²) in [5.74, 6) is 0.388. The molecule has 8 heteroatoms. The molecule has 0 saturated carbocycles. The second-order valence-corrected chi connectivity index (χ2v) is 6.19. The van der Waals surface area contributed by atoms with E-state index < -0.39 is 5.97 Å². The first-order valence-corrected chi connectivity index (χ1v) is 8.40. The van der Waals surface area contributed by atoms with Gasteiger partial charge in [0.25, 0.3) is 5.89 Å². The Balaban J connectivity index is 1.53. The molecule has 0 amide bonds. The van der Waals surface area contributed by atoms with Crippen molar-refractivity contribution in [1.82, 2.24) is 10.1 Å². The van der Waals surface area contributed by atoms with E-state index in [2.05, 4.69) is 10.1 Å². The van der Waals surface area contributed by atoms with Gasteiger partial charge in [0.05, 0.1) is 5.02 Å². The molecule has 0 aliphatic rings. The van der Waals surface area contributed by atoms with Crippen LogP contribution in [0, 0.1) is 6.92 Å². The molecule has 0 aliphatic carbocycles. The van der Waals surface area contributed by atoms with Gasteiger partial charge in [0, 0.05) is 10.6 Å². The molecule has 3 rings (SSSR count). The van der Waals surface area contributed by atoms with Gasteiger partial charge in [-0.1, -0.05) is 52.6 Å². The lowest BCUT2D eigenvalue weighted by Crippen LogP contribution is -2.15. The van der Waals surface area contributed by atoms with Crippen molar-refractivity contribution >= 4 is 29.2 Å². The number of aromatic nitrogens is 2. The summed E-state index contributed by atoms with van der Waals surface area (Å²) in [4.78, 5) is 16.0. The Labute approximate surface area is 159 Å². The summed E-state index contributed by atoms with van der Waals surface area (Å²) in [5, 5.41) is 4.69. The van der Waals surface area contributed by atoms with Crippen LogP contribution in [0.15, 0.2) is 47.0 Å². The third kappa shape index (κ3) is 4.53. The third-order valence-electron chi connectivity index (χ3n) is 3.45. The first-order valence-electron chi connectivity index (χ1n) is 7.65. The second-order valence-electron chi connectivity index (χ2n) is 5.35. The van der Waals surface area contributed by atoms with Crippen molar-refractivity contribution in [3.63, 3.8) is 0 Å². The summed E-state index contributed by atoms with van der Waals surface area (Å²) >= 11 is 11.8. The zero-order chi connectivity index (χ0) is 18.5. The van der Waals surface area contributed by atoms with Gasteiger partial charge in [-0.3, -0.25) is 0 Å². The molecule has 1 heterocycles. The van der Waals surface area contributed by atoms with Crippen molar-refractivity contribution in [2.75, 3.05) is 6.61 Å². The van der Waals surface area contributed by atoms with Crippen LogP contribution in [0.1, 0.15) is 11.5 Å². The monoisotopic (exact) mass is 392 g/mol. The highest BCUT2D eigenvalue weighted by molar-refractivity contribution is 6.35. The average Bonchev–Trinajstić information content (AvgIpc) is 3.08. The number of halogens is 2. The average molecular weight is 393 g/mol. The Morgan fingerprint density at radius 3 is 2.77 bits per heavy atom. The molecule has 0 radical (unpaired) electrons. The number of benzene rings is 2. The van der Waals surface area contributed by atoms with Gasteiger partial charge in [0.2, 0.25) is 5.82 Å². The Kier molecular flexibility index (Phi) is 5.75. The van der Waals surface area contributed by atoms with Crippen LogP contribution >= 0.6 is 23.2 Å². The molecule has 1 aromatic heterocycles. The van der Waals surface area contributed by atoms with Crippen LogP contribution in [-0.4, -0.2) is 22.7 Å². The number of rotatable bonds is 6. The van der Waals surface area contributed by atoms with E-state index in [9.17, 15) is 4.79 Å². The summed E-state index contributed by atoms with van der Waals surface area (Å²) in [6, 6.07) is 12.4. The molecule has 0 atom stereocenters. The lowest BCUT2D eigenvalue weighted by molar-refractivity contribution is -0.148. The van der Waals surface area contributed by atoms with Gasteiger partial charge in [-0.2, -0.15) is 4.98 Å². The Hall–Kier alpha value is -2.57. The SMILES string of the molecule is Cc1ccccc1-c1noc(COC(=O)COc2ccc(Cl)cc2Cl)n1. The van der Waals surface area contributed by atoms with Gasteiger partial charge >= 0.3 is 5.97 Å². The molecule has 3 aromatic rings. The fourth-order valence-corrected chi connectivity index (χ4v) is 2.62. The van der Waals surface area contributed by atoms with E-state index in [1.165, 1.54) is 6.07 Å². The van der Waals surface area contributed by atoms with E-state index in [1.807, 2.05) is 31.2 Å². The molecule has 26 heavy (non-hydrogen) atoms. The van der Waals surface area contributed by atoms with Gasteiger partial charge in [0.15, 0.2) is 13.2 Å². The third-order valence-corrected chi connectivity index (χ3v) is 3.98. The van der Waals surface area contributed by atoms with Crippen LogP contribution in [0.2, 0.25) is 10.0 Å². The van der Waals surface area contributed by atoms with Crippen molar-refractivity contribution < 1.29 is 18.8 Å². The lowest BCUT2D eigenvalue weighted by Gasteiger charge is -2.07. The van der Waals surface area contributed by atoms with Gasteiger partial charge in [0.1, 0.15) is 5.75 Å². The van der Waals surface area contributed by atoms with Crippen LogP contribution in [0.25, 0.3) is 11.4 Å². The quantitative estimate of drug-likeness (QED) is 0.575. The predicted molar refractivity (Wildman–Crippen MR) is 96.2 cm³/mol. The number of ether oxygens (including phenoxy) is 2. The van der Waals surface area contributed by atoms with E-state index in [-0.39, 0.29) is 19.1 Å². The summed E-state index contributed by atoms with van der Waals surface area (Å²) < 4.78 is 15.5. The number of carbonyl (C=O) groups is 1. The van der Waals surface area contributed by atoms with E-state index >= 15 is 0 Å². The fraction of sp³-hybridized carbons (Fsp3) is 0.167. The zero-order valence-corrected chi connectivity index (χ0v) is 15.3. The number of aryl methyl sites for hydroxylation is 1. The molecule has 134 valence electrons. The molecule has 0 aliphatic heterocycles. The maximum Gasteiger partial charge on any atom is 0.344 e. The van der Waals surface area contributed by atoms with Gasteiger partial charge in [-0.05, 0) is 30.7 Å². The fourth-order valence-electron chi connectivity index (χ4n) is 2.16. The van der Waals surface area contributed by atoms with Crippen LogP contribution in [-0.2, 0) is 16.1 Å². The molecule has 6 nitrogen and oxygen atoms in total. The summed E-state index contributed by atoms with van der Waals surface area (Å²) in [5.41, 5.74) is 1.87. The maximum absolute atomic E-state index is 11.8. The largest absolute Gasteiger partial charge is 0.480 e. The normalized spacial score (nSPS) is 10.6. The highest BCUT2D eigenvalue weighted by Crippen LogP contribution is 2.27. The molecule has 0 bridgehead atoms. The number of esters is 1. The summed E-state index contributed by atoms with van der Waals surface area (Å²) in [6.07, 6.45) is 0.